The summed E-state index contributed by atoms with van der Waals surface area (Å²) >= 11 is 1.65. The Kier molecular flexibility index (Phi) is 9.54. The van der Waals surface area contributed by atoms with Gasteiger partial charge in [0.2, 0.25) is 5.78 Å². The number of nitrogens with zero attached hydrogens (tertiary/aromatic N) is 1. The molecule has 5 heteroatoms. The fraction of sp³-hybridized carbons (Fsp3) is 0.259. The number of aliphatic hydroxyl groups excluding tert-OH is 1. The molecule has 0 aliphatic carbocycles. The van der Waals surface area contributed by atoms with Crippen molar-refractivity contribution in [2.45, 2.75) is 55.1 Å². The van der Waals surface area contributed by atoms with Crippen LogP contribution in [0.5, 0.6) is 0 Å². The van der Waals surface area contributed by atoms with Gasteiger partial charge in [-0.1, -0.05) is 91.6 Å². The van der Waals surface area contributed by atoms with Crippen molar-refractivity contribution in [2.24, 2.45) is 5.16 Å². The summed E-state index contributed by atoms with van der Waals surface area (Å²) in [7, 11) is 0. The van der Waals surface area contributed by atoms with Crippen molar-refractivity contribution in [3.05, 3.63) is 96.1 Å². The van der Waals surface area contributed by atoms with Crippen LogP contribution in [-0.2, 0) is 4.84 Å². The van der Waals surface area contributed by atoms with Crippen molar-refractivity contribution in [2.75, 3.05) is 0 Å². The van der Waals surface area contributed by atoms with Gasteiger partial charge in [-0.15, -0.1) is 0 Å². The molecule has 1 N–H and O–H groups in total. The lowest BCUT2D eigenvalue weighted by molar-refractivity contribution is -0.102. The van der Waals surface area contributed by atoms with Crippen molar-refractivity contribution >= 4 is 23.3 Å². The summed E-state index contributed by atoms with van der Waals surface area (Å²) in [6, 6.07) is 26.7. The van der Waals surface area contributed by atoms with Crippen LogP contribution >= 0.6 is 11.8 Å². The minimum Gasteiger partial charge on any atom is -0.358 e. The molecule has 0 radical (unpaired) electrons. The van der Waals surface area contributed by atoms with Crippen LogP contribution in [0.4, 0.5) is 0 Å². The fourth-order valence-corrected chi connectivity index (χ4v) is 4.02. The number of benzene rings is 3. The summed E-state index contributed by atoms with van der Waals surface area (Å²) in [5.74, 6) is -0.168. The molecule has 3 aromatic rings. The third-order valence-electron chi connectivity index (χ3n) is 4.97. The van der Waals surface area contributed by atoms with Gasteiger partial charge in [-0.3, -0.25) is 4.79 Å². The van der Waals surface area contributed by atoms with Crippen LogP contribution in [0.2, 0.25) is 0 Å². The maximum atomic E-state index is 13.1. The van der Waals surface area contributed by atoms with Gasteiger partial charge in [0.05, 0.1) is 0 Å². The highest BCUT2D eigenvalue weighted by Gasteiger charge is 2.17. The molecule has 0 saturated heterocycles. The number of carbonyl (C=O) groups is 1. The van der Waals surface area contributed by atoms with Gasteiger partial charge in [-0.2, -0.15) is 0 Å². The number of oxime groups is 1. The van der Waals surface area contributed by atoms with E-state index < -0.39 is 6.29 Å². The van der Waals surface area contributed by atoms with E-state index in [1.165, 1.54) is 0 Å². The van der Waals surface area contributed by atoms with Crippen LogP contribution in [-0.4, -0.2) is 16.6 Å². The average Bonchev–Trinajstić information content (AvgIpc) is 2.84. The lowest BCUT2D eigenvalue weighted by Crippen LogP contribution is -2.16. The highest BCUT2D eigenvalue weighted by atomic mass is 32.2. The molecule has 0 amide bonds. The Labute approximate surface area is 194 Å². The number of hydrogen-bond acceptors (Lipinski definition) is 5. The zero-order valence-corrected chi connectivity index (χ0v) is 19.1. The zero-order chi connectivity index (χ0) is 22.6. The predicted molar refractivity (Wildman–Crippen MR) is 130 cm³/mol. The molecule has 0 bridgehead atoms. The van der Waals surface area contributed by atoms with Crippen LogP contribution in [0.15, 0.2) is 99.9 Å². The van der Waals surface area contributed by atoms with E-state index in [-0.39, 0.29) is 5.78 Å². The average molecular weight is 448 g/mol. The predicted octanol–water partition coefficient (Wildman–Crippen LogP) is 7.05. The van der Waals surface area contributed by atoms with E-state index in [9.17, 15) is 9.90 Å². The van der Waals surface area contributed by atoms with Gasteiger partial charge in [0.25, 0.3) is 6.29 Å². The van der Waals surface area contributed by atoms with Crippen molar-refractivity contribution in [1.29, 1.82) is 0 Å². The largest absolute Gasteiger partial charge is 0.358 e. The van der Waals surface area contributed by atoms with E-state index in [2.05, 4.69) is 24.2 Å². The molecule has 3 aromatic carbocycles. The quantitative estimate of drug-likeness (QED) is 0.106. The standard InChI is InChI=1S/C27H29NO3S/c1-2-3-4-11-16-25(28-31-27(30)22-12-7-5-8-13-22)26(29)21-17-19-24(20-18-21)32-23-14-9-6-10-15-23/h5-10,12-15,17-20,27,30H,2-4,11,16H2,1H3/b28-25+. The maximum Gasteiger partial charge on any atom is 0.250 e. The van der Waals surface area contributed by atoms with Crippen molar-refractivity contribution < 1.29 is 14.7 Å². The molecule has 3 rings (SSSR count). The molecular formula is C27H29NO3S. The highest BCUT2D eigenvalue weighted by Crippen LogP contribution is 2.27. The Hall–Kier alpha value is -2.89. The fourth-order valence-electron chi connectivity index (χ4n) is 3.18. The van der Waals surface area contributed by atoms with E-state index in [1.807, 2.05) is 60.7 Å². The molecule has 0 aliphatic rings. The van der Waals surface area contributed by atoms with Gasteiger partial charge in [0.15, 0.2) is 0 Å². The van der Waals surface area contributed by atoms with E-state index in [4.69, 9.17) is 4.84 Å². The molecule has 0 heterocycles. The topological polar surface area (TPSA) is 58.9 Å². The van der Waals surface area contributed by atoms with Gasteiger partial charge in [-0.25, -0.2) is 0 Å². The Morgan fingerprint density at radius 3 is 2.16 bits per heavy atom. The van der Waals surface area contributed by atoms with Gasteiger partial charge >= 0.3 is 0 Å². The summed E-state index contributed by atoms with van der Waals surface area (Å²) in [5, 5.41) is 14.3. The third kappa shape index (κ3) is 7.36. The first-order valence-electron chi connectivity index (χ1n) is 11.0. The van der Waals surface area contributed by atoms with E-state index in [1.54, 1.807) is 23.9 Å². The second-order valence-electron chi connectivity index (χ2n) is 7.49. The Bertz CT molecular complexity index is 988. The monoisotopic (exact) mass is 447 g/mol. The number of aliphatic hydroxyl groups is 1. The maximum absolute atomic E-state index is 13.1. The first kappa shape index (κ1) is 23.8. The molecule has 4 nitrogen and oxygen atoms in total. The summed E-state index contributed by atoms with van der Waals surface area (Å²) in [5.41, 5.74) is 1.49. The van der Waals surface area contributed by atoms with Gasteiger partial charge in [0, 0.05) is 20.9 Å². The normalized spacial score (nSPS) is 12.4. The van der Waals surface area contributed by atoms with Gasteiger partial charge in [0.1, 0.15) is 5.71 Å². The first-order valence-corrected chi connectivity index (χ1v) is 11.8. The zero-order valence-electron chi connectivity index (χ0n) is 18.3. The van der Waals surface area contributed by atoms with E-state index in [0.717, 1.165) is 35.5 Å². The minimum atomic E-state index is -1.21. The van der Waals surface area contributed by atoms with Crippen LogP contribution in [0.1, 0.15) is 61.2 Å². The smallest absolute Gasteiger partial charge is 0.250 e. The number of unbranched alkanes of at least 4 members (excludes halogenated alkanes) is 3. The Morgan fingerprint density at radius 1 is 0.875 bits per heavy atom. The number of Topliss-reactive ketones (excluding diaryl/α,β-unsaturated/α-hetero) is 1. The van der Waals surface area contributed by atoms with E-state index >= 15 is 0 Å². The molecule has 0 aliphatic heterocycles. The number of ketones is 1. The molecule has 1 atom stereocenters. The molecule has 32 heavy (non-hydrogen) atoms. The van der Waals surface area contributed by atoms with Crippen molar-refractivity contribution in [3.63, 3.8) is 0 Å². The summed E-state index contributed by atoms with van der Waals surface area (Å²) in [6.45, 7) is 2.15. The van der Waals surface area contributed by atoms with Crippen LogP contribution in [0, 0.1) is 0 Å². The Balaban J connectivity index is 1.70. The summed E-state index contributed by atoms with van der Waals surface area (Å²) < 4.78 is 0. The number of carbonyl (C=O) groups excluding carboxylic acids is 1. The minimum absolute atomic E-state index is 0.168. The lowest BCUT2D eigenvalue weighted by Gasteiger charge is -2.11. The highest BCUT2D eigenvalue weighted by molar-refractivity contribution is 7.99. The summed E-state index contributed by atoms with van der Waals surface area (Å²) in [4.78, 5) is 20.6. The lowest BCUT2D eigenvalue weighted by atomic mass is 10.0. The van der Waals surface area contributed by atoms with Crippen LogP contribution < -0.4 is 0 Å². The van der Waals surface area contributed by atoms with Crippen LogP contribution in [0.25, 0.3) is 0 Å². The van der Waals surface area contributed by atoms with Gasteiger partial charge < -0.3 is 9.94 Å². The SMILES string of the molecule is CCCCCC/C(=N\OC(O)c1ccccc1)C(=O)c1ccc(Sc2ccccc2)cc1. The summed E-state index contributed by atoms with van der Waals surface area (Å²) in [6.07, 6.45) is 3.41. The van der Waals surface area contributed by atoms with Crippen molar-refractivity contribution in [1.82, 2.24) is 0 Å². The molecule has 1 unspecified atom stereocenters. The second-order valence-corrected chi connectivity index (χ2v) is 8.63. The second kappa shape index (κ2) is 12.8. The van der Waals surface area contributed by atoms with Gasteiger partial charge in [-0.05, 0) is 49.2 Å². The van der Waals surface area contributed by atoms with Crippen molar-refractivity contribution in [3.8, 4) is 0 Å². The molecular weight excluding hydrogens is 418 g/mol. The number of rotatable bonds is 12. The molecule has 0 saturated carbocycles. The molecule has 0 fully saturated rings. The number of hydrogen-bond donors (Lipinski definition) is 1. The van der Waals surface area contributed by atoms with E-state index in [0.29, 0.717) is 23.3 Å². The third-order valence-corrected chi connectivity index (χ3v) is 5.99. The molecule has 0 aromatic heterocycles. The molecule has 0 spiro atoms. The molecule has 166 valence electrons. The van der Waals surface area contributed by atoms with Crippen LogP contribution in [0.3, 0.4) is 0 Å². The Morgan fingerprint density at radius 2 is 1.50 bits per heavy atom. The first-order chi connectivity index (χ1) is 15.7.